The standard InChI is InChI=1S/C17H15ClN2O3S/c1-10-15(16(20-23-10)11-5-2-3-6-12(11)18)17(22)19-9-13(21)14-7-4-8-24-14/h2-8,13,21H,9H2,1H3,(H,19,22). The Hall–Kier alpha value is -2.15. The van der Waals surface area contributed by atoms with Crippen molar-refractivity contribution >= 4 is 28.8 Å². The minimum absolute atomic E-state index is 0.103. The van der Waals surface area contributed by atoms with Crippen molar-refractivity contribution in [3.05, 3.63) is 63.0 Å². The summed E-state index contributed by atoms with van der Waals surface area (Å²) in [6, 6.07) is 10.8. The second-order valence-electron chi connectivity index (χ2n) is 5.18. The van der Waals surface area contributed by atoms with Crippen LogP contribution in [-0.2, 0) is 0 Å². The van der Waals surface area contributed by atoms with Crippen LogP contribution in [0.4, 0.5) is 0 Å². The number of aryl methyl sites for hydroxylation is 1. The summed E-state index contributed by atoms with van der Waals surface area (Å²) in [5.74, 6) is 0.0345. The van der Waals surface area contributed by atoms with Crippen LogP contribution in [-0.4, -0.2) is 22.7 Å². The number of aromatic nitrogens is 1. The monoisotopic (exact) mass is 362 g/mol. The van der Waals surface area contributed by atoms with Gasteiger partial charge >= 0.3 is 0 Å². The molecule has 3 aromatic rings. The minimum atomic E-state index is -0.752. The lowest BCUT2D eigenvalue weighted by molar-refractivity contribution is 0.0917. The van der Waals surface area contributed by atoms with E-state index in [9.17, 15) is 9.90 Å². The summed E-state index contributed by atoms with van der Waals surface area (Å²) in [5.41, 5.74) is 1.34. The molecule has 5 nitrogen and oxygen atoms in total. The van der Waals surface area contributed by atoms with Gasteiger partial charge in [0.2, 0.25) is 0 Å². The van der Waals surface area contributed by atoms with E-state index in [0.29, 0.717) is 27.6 Å². The second kappa shape index (κ2) is 7.17. The maximum absolute atomic E-state index is 12.5. The molecule has 0 aliphatic carbocycles. The van der Waals surface area contributed by atoms with Gasteiger partial charge in [0.05, 0.1) is 5.02 Å². The molecule has 24 heavy (non-hydrogen) atoms. The maximum atomic E-state index is 12.5. The Balaban J connectivity index is 1.81. The Bertz CT molecular complexity index is 845. The van der Waals surface area contributed by atoms with E-state index in [4.69, 9.17) is 16.1 Å². The number of hydrogen-bond acceptors (Lipinski definition) is 5. The Morgan fingerprint density at radius 2 is 2.17 bits per heavy atom. The van der Waals surface area contributed by atoms with Crippen LogP contribution in [0.3, 0.4) is 0 Å². The topological polar surface area (TPSA) is 75.4 Å². The van der Waals surface area contributed by atoms with Crippen molar-refractivity contribution < 1.29 is 14.4 Å². The molecular formula is C17H15ClN2O3S. The van der Waals surface area contributed by atoms with Gasteiger partial charge in [0.25, 0.3) is 5.91 Å². The molecule has 2 N–H and O–H groups in total. The molecule has 0 radical (unpaired) electrons. The van der Waals surface area contributed by atoms with Crippen LogP contribution < -0.4 is 5.32 Å². The van der Waals surface area contributed by atoms with Gasteiger partial charge in [0.15, 0.2) is 0 Å². The number of thiophene rings is 1. The number of nitrogens with zero attached hydrogens (tertiary/aromatic N) is 1. The molecule has 1 amide bonds. The molecule has 0 aliphatic heterocycles. The van der Waals surface area contributed by atoms with Gasteiger partial charge in [-0.2, -0.15) is 0 Å². The van der Waals surface area contributed by atoms with Crippen LogP contribution in [0.5, 0.6) is 0 Å². The summed E-state index contributed by atoms with van der Waals surface area (Å²) in [7, 11) is 0. The molecule has 0 aliphatic rings. The molecule has 7 heteroatoms. The summed E-state index contributed by atoms with van der Waals surface area (Å²) in [5, 5.41) is 19.1. The van der Waals surface area contributed by atoms with Crippen molar-refractivity contribution in [2.45, 2.75) is 13.0 Å². The predicted molar refractivity (Wildman–Crippen MR) is 93.3 cm³/mol. The normalized spacial score (nSPS) is 12.1. The van der Waals surface area contributed by atoms with Crippen LogP contribution >= 0.6 is 22.9 Å². The molecule has 0 fully saturated rings. The van der Waals surface area contributed by atoms with E-state index in [0.717, 1.165) is 4.88 Å². The number of rotatable bonds is 5. The number of aliphatic hydroxyl groups excluding tert-OH is 1. The third-order valence-corrected chi connectivity index (χ3v) is 4.85. The van der Waals surface area contributed by atoms with Crippen molar-refractivity contribution in [2.24, 2.45) is 0 Å². The lowest BCUT2D eigenvalue weighted by atomic mass is 10.1. The fraction of sp³-hybridized carbons (Fsp3) is 0.176. The molecule has 1 unspecified atom stereocenters. The number of hydrogen-bond donors (Lipinski definition) is 2. The lowest BCUT2D eigenvalue weighted by Crippen LogP contribution is -2.28. The molecule has 2 heterocycles. The average molecular weight is 363 g/mol. The number of amides is 1. The maximum Gasteiger partial charge on any atom is 0.257 e. The van der Waals surface area contributed by atoms with Gasteiger partial charge in [-0.3, -0.25) is 4.79 Å². The van der Waals surface area contributed by atoms with Gasteiger partial charge < -0.3 is 14.9 Å². The smallest absolute Gasteiger partial charge is 0.257 e. The summed E-state index contributed by atoms with van der Waals surface area (Å²) in [6.45, 7) is 1.77. The van der Waals surface area contributed by atoms with E-state index in [1.165, 1.54) is 11.3 Å². The highest BCUT2D eigenvalue weighted by atomic mass is 35.5. The highest BCUT2D eigenvalue weighted by Gasteiger charge is 2.23. The zero-order chi connectivity index (χ0) is 17.1. The van der Waals surface area contributed by atoms with Crippen molar-refractivity contribution in [1.29, 1.82) is 0 Å². The van der Waals surface area contributed by atoms with E-state index in [2.05, 4.69) is 10.5 Å². The van der Waals surface area contributed by atoms with E-state index in [1.807, 2.05) is 23.6 Å². The fourth-order valence-corrected chi connectivity index (χ4v) is 3.27. The third-order valence-electron chi connectivity index (χ3n) is 3.55. The Labute approximate surface area is 147 Å². The highest BCUT2D eigenvalue weighted by molar-refractivity contribution is 7.10. The van der Waals surface area contributed by atoms with E-state index in [-0.39, 0.29) is 12.5 Å². The molecule has 0 saturated carbocycles. The van der Waals surface area contributed by atoms with Gasteiger partial charge in [-0.1, -0.05) is 41.0 Å². The summed E-state index contributed by atoms with van der Waals surface area (Å²) in [6.07, 6.45) is -0.752. The molecule has 0 saturated heterocycles. The molecule has 2 aromatic heterocycles. The van der Waals surface area contributed by atoms with E-state index < -0.39 is 6.10 Å². The van der Waals surface area contributed by atoms with Crippen LogP contribution in [0, 0.1) is 6.92 Å². The molecule has 0 spiro atoms. The predicted octanol–water partition coefficient (Wildman–Crippen LogP) is 3.83. The number of carbonyl (C=O) groups excluding carboxylic acids is 1. The molecular weight excluding hydrogens is 348 g/mol. The quantitative estimate of drug-likeness (QED) is 0.723. The molecule has 1 atom stereocenters. The third kappa shape index (κ3) is 3.36. The molecule has 3 rings (SSSR count). The largest absolute Gasteiger partial charge is 0.386 e. The SMILES string of the molecule is Cc1onc(-c2ccccc2Cl)c1C(=O)NCC(O)c1cccs1. The summed E-state index contributed by atoms with van der Waals surface area (Å²) < 4.78 is 5.18. The van der Waals surface area contributed by atoms with Gasteiger partial charge in [0.1, 0.15) is 23.1 Å². The zero-order valence-corrected chi connectivity index (χ0v) is 14.4. The van der Waals surface area contributed by atoms with E-state index in [1.54, 1.807) is 25.1 Å². The number of carbonyl (C=O) groups is 1. The number of halogens is 1. The zero-order valence-electron chi connectivity index (χ0n) is 12.8. The number of aliphatic hydroxyl groups is 1. The van der Waals surface area contributed by atoms with Crippen molar-refractivity contribution in [1.82, 2.24) is 10.5 Å². The first-order valence-corrected chi connectivity index (χ1v) is 8.54. The van der Waals surface area contributed by atoms with Crippen molar-refractivity contribution in [2.75, 3.05) is 6.54 Å². The minimum Gasteiger partial charge on any atom is -0.386 e. The number of benzene rings is 1. The Kier molecular flexibility index (Phi) is 4.99. The first-order chi connectivity index (χ1) is 11.6. The first-order valence-electron chi connectivity index (χ1n) is 7.28. The molecule has 0 bridgehead atoms. The van der Waals surface area contributed by atoms with Crippen LogP contribution in [0.1, 0.15) is 27.1 Å². The Morgan fingerprint density at radius 3 is 2.88 bits per heavy atom. The average Bonchev–Trinajstić information content (AvgIpc) is 3.22. The van der Waals surface area contributed by atoms with Gasteiger partial charge in [-0.05, 0) is 24.4 Å². The van der Waals surface area contributed by atoms with Crippen LogP contribution in [0.25, 0.3) is 11.3 Å². The highest BCUT2D eigenvalue weighted by Crippen LogP contribution is 2.31. The van der Waals surface area contributed by atoms with Crippen LogP contribution in [0.2, 0.25) is 5.02 Å². The lowest BCUT2D eigenvalue weighted by Gasteiger charge is -2.10. The second-order valence-corrected chi connectivity index (χ2v) is 6.57. The summed E-state index contributed by atoms with van der Waals surface area (Å²) in [4.78, 5) is 13.3. The van der Waals surface area contributed by atoms with Gasteiger partial charge in [-0.25, -0.2) is 0 Å². The number of nitrogens with one attached hydrogen (secondary N) is 1. The van der Waals surface area contributed by atoms with Crippen molar-refractivity contribution in [3.63, 3.8) is 0 Å². The first kappa shape index (κ1) is 16.7. The fourth-order valence-electron chi connectivity index (χ4n) is 2.34. The van der Waals surface area contributed by atoms with Gasteiger partial charge in [0, 0.05) is 17.0 Å². The van der Waals surface area contributed by atoms with Gasteiger partial charge in [-0.15, -0.1) is 11.3 Å². The molecule has 124 valence electrons. The van der Waals surface area contributed by atoms with Crippen LogP contribution in [0.15, 0.2) is 46.3 Å². The van der Waals surface area contributed by atoms with Crippen molar-refractivity contribution in [3.8, 4) is 11.3 Å². The van der Waals surface area contributed by atoms with E-state index >= 15 is 0 Å². The Morgan fingerprint density at radius 1 is 1.38 bits per heavy atom. The molecule has 1 aromatic carbocycles. The summed E-state index contributed by atoms with van der Waals surface area (Å²) >= 11 is 7.62.